The van der Waals surface area contributed by atoms with E-state index in [9.17, 15) is 0 Å². The molecular weight excluding hydrogens is 111 g/mol. The minimum absolute atomic E-state index is 0. The van der Waals surface area contributed by atoms with E-state index in [0.29, 0.717) is 0 Å². The van der Waals surface area contributed by atoms with Crippen LogP contribution in [0.3, 0.4) is 0 Å². The summed E-state index contributed by atoms with van der Waals surface area (Å²) in [7, 11) is 0. The van der Waals surface area contributed by atoms with Gasteiger partial charge in [0.25, 0.3) is 0 Å². The van der Waals surface area contributed by atoms with Crippen molar-refractivity contribution in [2.45, 2.75) is 0 Å². The standard InChI is InChI=1S/CH3Cl.H3P.H2S/c1-2;;/h1H3;1H3;1H2. The van der Waals surface area contributed by atoms with Gasteiger partial charge < -0.3 is 0 Å². The van der Waals surface area contributed by atoms with Gasteiger partial charge in [-0.05, 0) is 0 Å². The molecule has 0 aliphatic carbocycles. The lowest BCUT2D eigenvalue weighted by Gasteiger charge is -1.06. The first-order chi connectivity index (χ1) is 1.00. The van der Waals surface area contributed by atoms with E-state index >= 15 is 0 Å². The summed E-state index contributed by atoms with van der Waals surface area (Å²) in [5, 5.41) is 0. The molecule has 0 aliphatic heterocycles. The molecule has 0 saturated heterocycles. The van der Waals surface area contributed by atoms with Gasteiger partial charge in [0.2, 0.25) is 0 Å². The summed E-state index contributed by atoms with van der Waals surface area (Å²) >= 11 is 4.64. The van der Waals surface area contributed by atoms with Gasteiger partial charge in [0.15, 0.2) is 0 Å². The van der Waals surface area contributed by atoms with Gasteiger partial charge in [-0.25, -0.2) is 0 Å². The zero-order valence-corrected chi connectivity index (χ0v) is 5.76. The molecule has 0 aromatic rings. The van der Waals surface area contributed by atoms with Crippen LogP contribution in [0.5, 0.6) is 0 Å². The molecule has 30 valence electrons. The first-order valence-corrected chi connectivity index (χ1v) is 1.13. The zero-order chi connectivity index (χ0) is 2.00. The second-order valence-electron chi connectivity index (χ2n) is 0. The van der Waals surface area contributed by atoms with Crippen molar-refractivity contribution in [1.82, 2.24) is 0 Å². The molecule has 4 heavy (non-hydrogen) atoms. The number of hydrogen-bond acceptors (Lipinski definition) is 0. The second kappa shape index (κ2) is 33.5. The molecule has 1 atom stereocenters. The maximum absolute atomic E-state index is 4.64. The van der Waals surface area contributed by atoms with E-state index in [1.165, 1.54) is 6.38 Å². The van der Waals surface area contributed by atoms with E-state index in [4.69, 9.17) is 0 Å². The third kappa shape index (κ3) is 11.5. The molecule has 0 rings (SSSR count). The van der Waals surface area contributed by atoms with Crippen molar-refractivity contribution < 1.29 is 0 Å². The van der Waals surface area contributed by atoms with Gasteiger partial charge in [0.1, 0.15) is 0 Å². The molecule has 0 spiro atoms. The molecule has 0 aromatic heterocycles. The molecule has 0 N–H and O–H groups in total. The fourth-order valence-electron chi connectivity index (χ4n) is 0. The summed E-state index contributed by atoms with van der Waals surface area (Å²) in [5.74, 6) is 0. The van der Waals surface area contributed by atoms with Crippen LogP contribution in [0.15, 0.2) is 0 Å². The molecule has 0 bridgehead atoms. The van der Waals surface area contributed by atoms with E-state index in [0.717, 1.165) is 0 Å². The van der Waals surface area contributed by atoms with Gasteiger partial charge in [-0.1, -0.05) is 0 Å². The van der Waals surface area contributed by atoms with Crippen molar-refractivity contribution in [2.24, 2.45) is 0 Å². The zero-order valence-electron chi connectivity index (χ0n) is 2.59. The lowest BCUT2D eigenvalue weighted by molar-refractivity contribution is 2.46. The first-order valence-electron chi connectivity index (χ1n) is 0.378. The number of hydrogen-bond donors (Lipinski definition) is 0. The highest BCUT2D eigenvalue weighted by Crippen LogP contribution is 1.34. The Balaban J connectivity index is -0.00000000500. The molecule has 0 nitrogen and oxygen atoms in total. The van der Waals surface area contributed by atoms with Crippen molar-refractivity contribution in [3.8, 4) is 0 Å². The predicted octanol–water partition coefficient (Wildman–Crippen LogP) is 1.03. The van der Waals surface area contributed by atoms with E-state index in [-0.39, 0.29) is 23.4 Å². The Bertz CT molecular complexity index is 8.00. The van der Waals surface area contributed by atoms with Crippen molar-refractivity contribution in [3.63, 3.8) is 0 Å². The summed E-state index contributed by atoms with van der Waals surface area (Å²) < 4.78 is 0. The highest BCUT2D eigenvalue weighted by molar-refractivity contribution is 7.59. The molecular formula is CH8ClPS. The monoisotopic (exact) mass is 118 g/mol. The highest BCUT2D eigenvalue weighted by atomic mass is 35.5. The lowest BCUT2D eigenvalue weighted by atomic mass is 12.0. The van der Waals surface area contributed by atoms with Crippen LogP contribution in [0.1, 0.15) is 0 Å². The van der Waals surface area contributed by atoms with E-state index < -0.39 is 0 Å². The van der Waals surface area contributed by atoms with Crippen LogP contribution in [0, 0.1) is 0 Å². The number of rotatable bonds is 0. The van der Waals surface area contributed by atoms with Crippen molar-refractivity contribution in [1.29, 1.82) is 0 Å². The summed E-state index contributed by atoms with van der Waals surface area (Å²) in [6.07, 6.45) is 1.47. The summed E-state index contributed by atoms with van der Waals surface area (Å²) in [4.78, 5) is 0. The third-order valence-electron chi connectivity index (χ3n) is 0. The maximum Gasteiger partial charge on any atom is 0.0108 e. The average molecular weight is 119 g/mol. The van der Waals surface area contributed by atoms with Crippen LogP contribution in [-0.4, -0.2) is 6.38 Å². The molecule has 1 unspecified atom stereocenters. The average Bonchev–Trinajstić information content (AvgIpc) is 1.00. The Labute approximate surface area is 42.0 Å². The molecule has 0 saturated carbocycles. The Kier molecular flexibility index (Phi) is 164. The van der Waals surface area contributed by atoms with Gasteiger partial charge in [0.05, 0.1) is 0 Å². The molecule has 0 aliphatic rings. The molecule has 0 fully saturated rings. The molecule has 0 radical (unpaired) electrons. The van der Waals surface area contributed by atoms with Crippen LogP contribution >= 0.6 is 35.0 Å². The SMILES string of the molecule is CCl.P.S. The van der Waals surface area contributed by atoms with Crippen molar-refractivity contribution >= 4 is 35.0 Å². The largest absolute Gasteiger partial charge is 0.197 e. The van der Waals surface area contributed by atoms with Gasteiger partial charge in [0, 0.05) is 6.38 Å². The normalized spacial score (nSPS) is 1.50. The van der Waals surface area contributed by atoms with Crippen LogP contribution in [-0.2, 0) is 0 Å². The number of alkyl halides is 1. The third-order valence-corrected chi connectivity index (χ3v) is 0. The predicted molar refractivity (Wildman–Crippen MR) is 33.3 cm³/mol. The Morgan fingerprint density at radius 3 is 1.25 bits per heavy atom. The smallest absolute Gasteiger partial charge is 0.0108 e. The van der Waals surface area contributed by atoms with Gasteiger partial charge in [-0.15, -0.1) is 11.6 Å². The van der Waals surface area contributed by atoms with Gasteiger partial charge >= 0.3 is 0 Å². The van der Waals surface area contributed by atoms with Crippen LogP contribution < -0.4 is 0 Å². The highest BCUT2D eigenvalue weighted by Gasteiger charge is 0.943. The van der Waals surface area contributed by atoms with Crippen LogP contribution in [0.2, 0.25) is 0 Å². The summed E-state index contributed by atoms with van der Waals surface area (Å²) in [6.45, 7) is 0. The minimum Gasteiger partial charge on any atom is -0.197 e. The maximum atomic E-state index is 4.64. The molecule has 0 aromatic carbocycles. The first kappa shape index (κ1) is 19.6. The lowest BCUT2D eigenvalue weighted by Crippen LogP contribution is -0.852. The minimum atomic E-state index is 0. The quantitative estimate of drug-likeness (QED) is 0.329. The van der Waals surface area contributed by atoms with Crippen molar-refractivity contribution in [3.05, 3.63) is 0 Å². The Hall–Kier alpha value is 1.07. The summed E-state index contributed by atoms with van der Waals surface area (Å²) in [5.41, 5.74) is 0. The van der Waals surface area contributed by atoms with E-state index in [1.807, 2.05) is 0 Å². The van der Waals surface area contributed by atoms with Crippen molar-refractivity contribution in [2.75, 3.05) is 6.38 Å². The topological polar surface area (TPSA) is 0 Å². The summed E-state index contributed by atoms with van der Waals surface area (Å²) in [6, 6.07) is 0. The molecule has 0 amide bonds. The van der Waals surface area contributed by atoms with Crippen LogP contribution in [0.4, 0.5) is 0 Å². The fraction of sp³-hybridized carbons (Fsp3) is 1.00. The van der Waals surface area contributed by atoms with Crippen LogP contribution in [0.25, 0.3) is 0 Å². The Morgan fingerprint density at radius 2 is 1.25 bits per heavy atom. The fourth-order valence-corrected chi connectivity index (χ4v) is 0. The molecule has 3 heteroatoms. The van der Waals surface area contributed by atoms with Gasteiger partial charge in [-0.3, -0.25) is 0 Å². The van der Waals surface area contributed by atoms with E-state index in [1.54, 1.807) is 0 Å². The molecule has 0 heterocycles. The second-order valence-corrected chi connectivity index (χ2v) is 0. The van der Waals surface area contributed by atoms with Gasteiger partial charge in [-0.2, -0.15) is 23.4 Å². The Morgan fingerprint density at radius 1 is 1.25 bits per heavy atom. The van der Waals surface area contributed by atoms with E-state index in [2.05, 4.69) is 11.6 Å². The number of halogens is 1.